The van der Waals surface area contributed by atoms with E-state index in [9.17, 15) is 15.0 Å². The molecule has 29 heavy (non-hydrogen) atoms. The van der Waals surface area contributed by atoms with Crippen molar-refractivity contribution < 1.29 is 32.8 Å². The van der Waals surface area contributed by atoms with Gasteiger partial charge in [0.15, 0.2) is 0 Å². The number of hydrogen-bond acceptors (Lipinski definition) is 3. The minimum atomic E-state index is -3.32. The van der Waals surface area contributed by atoms with E-state index in [1.165, 1.54) is 31.2 Å². The van der Waals surface area contributed by atoms with E-state index in [1.807, 2.05) is 0 Å². The summed E-state index contributed by atoms with van der Waals surface area (Å²) in [5.74, 6) is -1.61. The molecule has 1 atom stereocenters. The summed E-state index contributed by atoms with van der Waals surface area (Å²) in [6.45, 7) is -2.65. The Balaban J connectivity index is 1.91. The lowest BCUT2D eigenvalue weighted by Gasteiger charge is -2.13. The van der Waals surface area contributed by atoms with Crippen LogP contribution in [-0.4, -0.2) is 29.2 Å². The van der Waals surface area contributed by atoms with Crippen LogP contribution in [0, 0.1) is 6.92 Å². The van der Waals surface area contributed by atoms with Crippen LogP contribution in [0.5, 0.6) is 0 Å². The van der Waals surface area contributed by atoms with Gasteiger partial charge in [0.1, 0.15) is 0 Å². The summed E-state index contributed by atoms with van der Waals surface area (Å²) in [6.07, 6.45) is -5.96. The highest BCUT2D eigenvalue weighted by Crippen LogP contribution is 2.22. The fraction of sp³-hybridized carbons (Fsp3) is 0.240. The zero-order valence-corrected chi connectivity index (χ0v) is 15.5. The first-order valence-corrected chi connectivity index (χ1v) is 8.64. The van der Waals surface area contributed by atoms with Crippen molar-refractivity contribution in [2.75, 3.05) is 13.0 Å². The van der Waals surface area contributed by atoms with Gasteiger partial charge in [-0.3, -0.25) is 0 Å². The molecule has 0 saturated heterocycles. The Bertz CT molecular complexity index is 1550. The van der Waals surface area contributed by atoms with Crippen LogP contribution in [0.3, 0.4) is 0 Å². The lowest BCUT2D eigenvalue weighted by atomic mass is 9.99. The van der Waals surface area contributed by atoms with Gasteiger partial charge < -0.3 is 15.5 Å². The molecule has 0 aliphatic heterocycles. The van der Waals surface area contributed by atoms with E-state index in [2.05, 4.69) is 5.32 Å². The van der Waals surface area contributed by atoms with Gasteiger partial charge in [-0.25, -0.2) is 4.79 Å². The van der Waals surface area contributed by atoms with E-state index in [1.54, 1.807) is 0 Å². The average molecular weight is 403 g/mol. The van der Waals surface area contributed by atoms with E-state index < -0.39 is 97.4 Å². The summed E-state index contributed by atoms with van der Waals surface area (Å²) in [4.78, 5) is 11.6. The quantitative estimate of drug-likeness (QED) is 0.489. The molecule has 0 bridgehead atoms. The molecule has 0 aliphatic carbocycles. The number of nitrogens with one attached hydrogen (secondary N) is 1. The third-order valence-corrected chi connectivity index (χ3v) is 3.79. The SMILES string of the molecule is [2H]c1c([2H])c(C(=O)O)c([2H])c(-c2cccc(CC([2H])([2H])CNC([2H])([2H])[C@]([2H])(O)c3c([2H])c([2H])c([2H])c(C)c3[2H])c2)c1[2H]. The van der Waals surface area contributed by atoms with Crippen LogP contribution in [0.25, 0.3) is 11.1 Å². The summed E-state index contributed by atoms with van der Waals surface area (Å²) in [5, 5.41) is 22.4. The van der Waals surface area contributed by atoms with Gasteiger partial charge in [-0.1, -0.05) is 66.1 Å². The maximum atomic E-state index is 11.6. The molecule has 3 aromatic rings. The predicted molar refractivity (Wildman–Crippen MR) is 116 cm³/mol. The first-order valence-electron chi connectivity index (χ1n) is 15.1. The lowest BCUT2D eigenvalue weighted by molar-refractivity contribution is 0.0697. The highest BCUT2D eigenvalue weighted by atomic mass is 16.4. The monoisotopic (exact) mass is 402 g/mol. The van der Waals surface area contributed by atoms with Crippen LogP contribution in [0.15, 0.2) is 72.6 Å². The van der Waals surface area contributed by atoms with Gasteiger partial charge in [-0.2, -0.15) is 0 Å². The molecule has 0 aliphatic rings. The second-order valence-corrected chi connectivity index (χ2v) is 6.01. The van der Waals surface area contributed by atoms with E-state index in [4.69, 9.17) is 17.8 Å². The van der Waals surface area contributed by atoms with Crippen molar-refractivity contribution in [3.05, 3.63) is 94.9 Å². The first-order chi connectivity index (χ1) is 19.2. The molecule has 0 saturated carbocycles. The molecule has 4 heteroatoms. The van der Waals surface area contributed by atoms with Crippen molar-refractivity contribution in [3.63, 3.8) is 0 Å². The standard InChI is InChI=1S/C25H27NO3/c1-18-6-2-11-22(14-18)24(27)17-26-13-5-8-19-7-3-9-20(15-19)21-10-4-12-23(16-21)25(28)29/h2-4,6-7,9-12,14-16,24,26-27H,5,8,13,17H2,1H3,(H,28,29)/t24-/m0/s1/i2D,4D,5D2,6D,10D,11D,12D,14D,16D,17D2,24D. The predicted octanol–water partition coefficient (Wildman–Crippen LogP) is 4.62. The Morgan fingerprint density at radius 2 is 2.03 bits per heavy atom. The minimum Gasteiger partial charge on any atom is -0.478 e. The molecule has 3 aromatic carbocycles. The number of rotatable bonds is 9. The fourth-order valence-electron chi connectivity index (χ4n) is 2.45. The van der Waals surface area contributed by atoms with Gasteiger partial charge in [0.2, 0.25) is 0 Å². The Morgan fingerprint density at radius 3 is 2.86 bits per heavy atom. The van der Waals surface area contributed by atoms with E-state index in [0.717, 1.165) is 0 Å². The molecule has 0 radical (unpaired) electrons. The third kappa shape index (κ3) is 6.01. The van der Waals surface area contributed by atoms with Crippen LogP contribution < -0.4 is 5.32 Å². The van der Waals surface area contributed by atoms with Crippen LogP contribution in [0.4, 0.5) is 0 Å². The zero-order valence-electron chi connectivity index (χ0n) is 28.5. The van der Waals surface area contributed by atoms with Gasteiger partial charge in [0.25, 0.3) is 0 Å². The van der Waals surface area contributed by atoms with Crippen molar-refractivity contribution in [2.24, 2.45) is 0 Å². The van der Waals surface area contributed by atoms with Crippen molar-refractivity contribution in [2.45, 2.75) is 25.8 Å². The maximum Gasteiger partial charge on any atom is 0.335 e. The number of carboxylic acids is 1. The molecular formula is C25H27NO3. The highest BCUT2D eigenvalue weighted by molar-refractivity contribution is 5.89. The van der Waals surface area contributed by atoms with Crippen molar-refractivity contribution in [3.8, 4) is 11.1 Å². The molecule has 0 spiro atoms. The van der Waals surface area contributed by atoms with E-state index in [0.29, 0.717) is 0 Å². The molecule has 0 aromatic heterocycles. The summed E-state index contributed by atoms with van der Waals surface area (Å²) >= 11 is 0. The molecule has 0 fully saturated rings. The maximum absolute atomic E-state index is 11.6. The Labute approximate surface area is 190 Å². The largest absolute Gasteiger partial charge is 0.478 e. The highest BCUT2D eigenvalue weighted by Gasteiger charge is 2.07. The number of carbonyl (C=O) groups is 1. The van der Waals surface area contributed by atoms with Crippen molar-refractivity contribution in [1.29, 1.82) is 0 Å². The Kier molecular flexibility index (Phi) is 3.35. The van der Waals surface area contributed by atoms with Gasteiger partial charge in [-0.15, -0.1) is 0 Å². The Morgan fingerprint density at radius 1 is 1.21 bits per heavy atom. The smallest absolute Gasteiger partial charge is 0.335 e. The van der Waals surface area contributed by atoms with E-state index in [-0.39, 0.29) is 22.3 Å². The van der Waals surface area contributed by atoms with Gasteiger partial charge in [-0.05, 0) is 60.6 Å². The third-order valence-electron chi connectivity index (χ3n) is 3.79. The molecule has 0 heterocycles. The van der Waals surface area contributed by atoms with E-state index >= 15 is 0 Å². The molecule has 0 unspecified atom stereocenters. The van der Waals surface area contributed by atoms with Crippen LogP contribution in [-0.2, 0) is 6.42 Å². The number of aromatic carboxylic acids is 1. The lowest BCUT2D eigenvalue weighted by Crippen LogP contribution is -2.22. The number of carboxylic acid groups (broad SMARTS) is 1. The second kappa shape index (κ2) is 10.0. The van der Waals surface area contributed by atoms with Crippen molar-refractivity contribution >= 4 is 5.97 Å². The summed E-state index contributed by atoms with van der Waals surface area (Å²) < 4.78 is 106. The number of aliphatic hydroxyl groups is 1. The second-order valence-electron chi connectivity index (χ2n) is 6.01. The summed E-state index contributed by atoms with van der Waals surface area (Å²) in [7, 11) is 0. The van der Waals surface area contributed by atoms with Crippen molar-refractivity contribution in [1.82, 2.24) is 5.32 Å². The average Bonchev–Trinajstić information content (AvgIpc) is 2.88. The van der Waals surface area contributed by atoms with Gasteiger partial charge in [0, 0.05) is 12.0 Å². The van der Waals surface area contributed by atoms with Crippen LogP contribution >= 0.6 is 0 Å². The number of hydrogen-bond donors (Lipinski definition) is 3. The zero-order chi connectivity index (χ0) is 32.1. The topological polar surface area (TPSA) is 69.6 Å². The summed E-state index contributed by atoms with van der Waals surface area (Å²) in [5.41, 5.74) is -1.57. The van der Waals surface area contributed by atoms with Gasteiger partial charge in [0.05, 0.1) is 24.0 Å². The number of benzene rings is 3. The molecule has 150 valence electrons. The molecule has 3 rings (SSSR count). The molecule has 0 amide bonds. The normalized spacial score (nSPS) is 20.4. The summed E-state index contributed by atoms with van der Waals surface area (Å²) in [6, 6.07) is 0.370. The van der Waals surface area contributed by atoms with Crippen LogP contribution in [0.1, 0.15) is 57.3 Å². The molecule has 3 N–H and O–H groups in total. The molecular weight excluding hydrogens is 362 g/mol. The Hall–Kier alpha value is -2.95. The molecule has 4 nitrogen and oxygen atoms in total. The van der Waals surface area contributed by atoms with Gasteiger partial charge >= 0.3 is 5.97 Å². The minimum absolute atomic E-state index is 0.128. The van der Waals surface area contributed by atoms with Crippen LogP contribution in [0.2, 0.25) is 0 Å². The fourth-order valence-corrected chi connectivity index (χ4v) is 2.45. The number of aryl methyl sites for hydroxylation is 1. The first kappa shape index (κ1) is 9.70.